The summed E-state index contributed by atoms with van der Waals surface area (Å²) in [6.07, 6.45) is 3.14. The van der Waals surface area contributed by atoms with E-state index < -0.39 is 0 Å². The first-order valence-corrected chi connectivity index (χ1v) is 6.54. The molecular formula is C13H25N3O. The van der Waals surface area contributed by atoms with Crippen LogP contribution in [0.5, 0.6) is 0 Å². The van der Waals surface area contributed by atoms with E-state index in [1.54, 1.807) is 0 Å². The first-order chi connectivity index (χ1) is 8.02. The Labute approximate surface area is 104 Å². The molecule has 17 heavy (non-hydrogen) atoms. The summed E-state index contributed by atoms with van der Waals surface area (Å²) in [6, 6.07) is 0.538. The van der Waals surface area contributed by atoms with Crippen molar-refractivity contribution in [3.63, 3.8) is 0 Å². The van der Waals surface area contributed by atoms with Crippen LogP contribution in [0, 0.1) is 5.92 Å². The Kier molecular flexibility index (Phi) is 5.62. The fourth-order valence-corrected chi connectivity index (χ4v) is 1.91. The minimum Gasteiger partial charge on any atom is -0.338 e. The first kappa shape index (κ1) is 14.2. The normalized spacial score (nSPS) is 13.6. The molecule has 1 atom stereocenters. The fraction of sp³-hybridized carbons (Fsp3) is 0.846. The molecule has 1 aromatic rings. The summed E-state index contributed by atoms with van der Waals surface area (Å²) in [5.41, 5.74) is 0. The Morgan fingerprint density at radius 1 is 1.29 bits per heavy atom. The van der Waals surface area contributed by atoms with Gasteiger partial charge in [0, 0.05) is 12.5 Å². The standard InChI is InChI=1S/C13H25N3O/c1-6-7-12-14-13(17-15-12)9-16(5)11(4)8-10(2)3/h10-11H,6-9H2,1-5H3/t11-/m1/s1. The molecule has 4 heteroatoms. The molecule has 0 saturated carbocycles. The summed E-state index contributed by atoms with van der Waals surface area (Å²) in [6.45, 7) is 9.59. The average molecular weight is 239 g/mol. The predicted octanol–water partition coefficient (Wildman–Crippen LogP) is 2.89. The lowest BCUT2D eigenvalue weighted by molar-refractivity contribution is 0.194. The second-order valence-corrected chi connectivity index (χ2v) is 5.25. The summed E-state index contributed by atoms with van der Waals surface area (Å²) >= 11 is 0. The molecule has 0 spiro atoms. The lowest BCUT2D eigenvalue weighted by Gasteiger charge is -2.24. The third-order valence-corrected chi connectivity index (χ3v) is 2.93. The van der Waals surface area contributed by atoms with E-state index in [0.29, 0.717) is 12.0 Å². The van der Waals surface area contributed by atoms with Crippen LogP contribution in [0.1, 0.15) is 52.3 Å². The molecule has 0 aliphatic rings. The van der Waals surface area contributed by atoms with Crippen molar-refractivity contribution in [2.75, 3.05) is 7.05 Å². The highest BCUT2D eigenvalue weighted by Crippen LogP contribution is 2.12. The zero-order valence-corrected chi connectivity index (χ0v) is 11.7. The van der Waals surface area contributed by atoms with Crippen LogP contribution >= 0.6 is 0 Å². The predicted molar refractivity (Wildman–Crippen MR) is 68.7 cm³/mol. The molecule has 4 nitrogen and oxygen atoms in total. The third kappa shape index (κ3) is 4.86. The van der Waals surface area contributed by atoms with Crippen molar-refractivity contribution in [1.82, 2.24) is 15.0 Å². The van der Waals surface area contributed by atoms with Gasteiger partial charge in [0.05, 0.1) is 6.54 Å². The lowest BCUT2D eigenvalue weighted by atomic mass is 10.0. The van der Waals surface area contributed by atoms with E-state index in [0.717, 1.165) is 31.1 Å². The van der Waals surface area contributed by atoms with Crippen LogP contribution in [0.15, 0.2) is 4.52 Å². The maximum Gasteiger partial charge on any atom is 0.240 e. The van der Waals surface area contributed by atoms with Gasteiger partial charge in [-0.2, -0.15) is 4.98 Å². The number of aromatic nitrogens is 2. The van der Waals surface area contributed by atoms with Gasteiger partial charge in [0.2, 0.25) is 5.89 Å². The Hall–Kier alpha value is -0.900. The second kappa shape index (κ2) is 6.74. The van der Waals surface area contributed by atoms with E-state index in [9.17, 15) is 0 Å². The van der Waals surface area contributed by atoms with E-state index in [2.05, 4.69) is 49.8 Å². The summed E-state index contributed by atoms with van der Waals surface area (Å²) in [7, 11) is 2.11. The minimum absolute atomic E-state index is 0.538. The maximum atomic E-state index is 5.24. The highest BCUT2D eigenvalue weighted by Gasteiger charge is 2.14. The van der Waals surface area contributed by atoms with Gasteiger partial charge in [0.25, 0.3) is 0 Å². The first-order valence-electron chi connectivity index (χ1n) is 6.54. The zero-order valence-electron chi connectivity index (χ0n) is 11.7. The van der Waals surface area contributed by atoms with E-state index in [-0.39, 0.29) is 0 Å². The number of aryl methyl sites for hydroxylation is 1. The van der Waals surface area contributed by atoms with Crippen LogP contribution in [0.4, 0.5) is 0 Å². The van der Waals surface area contributed by atoms with Crippen molar-refractivity contribution >= 4 is 0 Å². The van der Waals surface area contributed by atoms with E-state index in [1.807, 2.05) is 0 Å². The SMILES string of the molecule is CCCc1noc(CN(C)[C@H](C)CC(C)C)n1. The van der Waals surface area contributed by atoms with Gasteiger partial charge >= 0.3 is 0 Å². The molecular weight excluding hydrogens is 214 g/mol. The van der Waals surface area contributed by atoms with Gasteiger partial charge in [0.15, 0.2) is 5.82 Å². The quantitative estimate of drug-likeness (QED) is 0.733. The maximum absolute atomic E-state index is 5.24. The fourth-order valence-electron chi connectivity index (χ4n) is 1.91. The topological polar surface area (TPSA) is 42.2 Å². The number of hydrogen-bond donors (Lipinski definition) is 0. The smallest absolute Gasteiger partial charge is 0.240 e. The van der Waals surface area contributed by atoms with Crippen molar-refractivity contribution in [2.45, 2.75) is 59.5 Å². The molecule has 0 aliphatic heterocycles. The molecule has 0 fully saturated rings. The molecule has 1 aromatic heterocycles. The average Bonchev–Trinajstić information content (AvgIpc) is 2.65. The molecule has 98 valence electrons. The molecule has 0 aromatic carbocycles. The van der Waals surface area contributed by atoms with Crippen LogP contribution in [0.2, 0.25) is 0 Å². The van der Waals surface area contributed by atoms with Gasteiger partial charge in [-0.1, -0.05) is 25.9 Å². The Morgan fingerprint density at radius 2 is 2.00 bits per heavy atom. The highest BCUT2D eigenvalue weighted by molar-refractivity contribution is 4.86. The summed E-state index contributed by atoms with van der Waals surface area (Å²) < 4.78 is 5.24. The largest absolute Gasteiger partial charge is 0.338 e. The van der Waals surface area contributed by atoms with Crippen LogP contribution < -0.4 is 0 Å². The van der Waals surface area contributed by atoms with Gasteiger partial charge in [0.1, 0.15) is 0 Å². The number of nitrogens with zero attached hydrogens (tertiary/aromatic N) is 3. The van der Waals surface area contributed by atoms with Crippen LogP contribution in [-0.2, 0) is 13.0 Å². The molecule has 0 amide bonds. The lowest BCUT2D eigenvalue weighted by Crippen LogP contribution is -2.29. The van der Waals surface area contributed by atoms with Gasteiger partial charge in [-0.15, -0.1) is 0 Å². The summed E-state index contributed by atoms with van der Waals surface area (Å²) in [4.78, 5) is 6.65. The van der Waals surface area contributed by atoms with Crippen LogP contribution in [0.25, 0.3) is 0 Å². The number of rotatable bonds is 7. The Balaban J connectivity index is 2.46. The molecule has 1 heterocycles. The van der Waals surface area contributed by atoms with Crippen molar-refractivity contribution in [2.24, 2.45) is 5.92 Å². The number of hydrogen-bond acceptors (Lipinski definition) is 4. The van der Waals surface area contributed by atoms with E-state index in [4.69, 9.17) is 4.52 Å². The van der Waals surface area contributed by atoms with Gasteiger partial charge in [-0.05, 0) is 32.7 Å². The molecule has 0 radical (unpaired) electrons. The molecule has 0 bridgehead atoms. The molecule has 0 unspecified atom stereocenters. The molecule has 1 rings (SSSR count). The summed E-state index contributed by atoms with van der Waals surface area (Å²) in [5, 5.41) is 3.97. The monoisotopic (exact) mass is 239 g/mol. The minimum atomic E-state index is 0.538. The molecule has 0 N–H and O–H groups in total. The van der Waals surface area contributed by atoms with E-state index >= 15 is 0 Å². The van der Waals surface area contributed by atoms with Crippen molar-refractivity contribution in [3.05, 3.63) is 11.7 Å². The Bertz CT molecular complexity index is 322. The van der Waals surface area contributed by atoms with Crippen molar-refractivity contribution in [1.29, 1.82) is 0 Å². The van der Waals surface area contributed by atoms with Crippen LogP contribution in [-0.4, -0.2) is 28.1 Å². The van der Waals surface area contributed by atoms with Gasteiger partial charge in [-0.25, -0.2) is 0 Å². The van der Waals surface area contributed by atoms with Crippen LogP contribution in [0.3, 0.4) is 0 Å². The summed E-state index contributed by atoms with van der Waals surface area (Å²) in [5.74, 6) is 2.27. The zero-order chi connectivity index (χ0) is 12.8. The molecule has 0 saturated heterocycles. The highest BCUT2D eigenvalue weighted by atomic mass is 16.5. The van der Waals surface area contributed by atoms with Gasteiger partial charge in [-0.3, -0.25) is 4.90 Å². The second-order valence-electron chi connectivity index (χ2n) is 5.25. The third-order valence-electron chi connectivity index (χ3n) is 2.93. The van der Waals surface area contributed by atoms with E-state index in [1.165, 1.54) is 6.42 Å². The molecule has 0 aliphatic carbocycles. The van der Waals surface area contributed by atoms with Gasteiger partial charge < -0.3 is 4.52 Å². The van der Waals surface area contributed by atoms with Crippen molar-refractivity contribution < 1.29 is 4.52 Å². The Morgan fingerprint density at radius 3 is 2.59 bits per heavy atom. The van der Waals surface area contributed by atoms with Crippen molar-refractivity contribution in [3.8, 4) is 0 Å².